The van der Waals surface area contributed by atoms with Crippen molar-refractivity contribution in [3.8, 4) is 16.9 Å². The average Bonchev–Trinajstić information content (AvgIpc) is 3.45. The molecular weight excluding hydrogens is 468 g/mol. The molecule has 1 fully saturated rings. The molecule has 10 heteroatoms. The van der Waals surface area contributed by atoms with Gasteiger partial charge in [-0.1, -0.05) is 18.2 Å². The van der Waals surface area contributed by atoms with Crippen molar-refractivity contribution in [1.29, 1.82) is 0 Å². The van der Waals surface area contributed by atoms with E-state index in [0.717, 1.165) is 34.6 Å². The number of aliphatic carboxylic acids is 1. The first-order valence-electron chi connectivity index (χ1n) is 11.4. The summed E-state index contributed by atoms with van der Waals surface area (Å²) >= 11 is 0. The van der Waals surface area contributed by atoms with Gasteiger partial charge in [0, 0.05) is 53.3 Å². The summed E-state index contributed by atoms with van der Waals surface area (Å²) in [6, 6.07) is 10.6. The molecule has 3 heterocycles. The number of aryl methyl sites for hydroxylation is 1. The molecule has 2 unspecified atom stereocenters. The SMILES string of the molecule is Cc1nc2ccc(-c3cnc(C4CCC(C(=O)O)C4)nc3)cn2c1Cc1ccccc1OC(F)F.N. The molecule has 188 valence electrons. The van der Waals surface area contributed by atoms with Crippen LogP contribution in [0.15, 0.2) is 55.0 Å². The first-order valence-corrected chi connectivity index (χ1v) is 11.4. The summed E-state index contributed by atoms with van der Waals surface area (Å²) < 4.78 is 32.4. The normalized spacial score (nSPS) is 17.3. The Hall–Kier alpha value is -3.92. The fourth-order valence-electron chi connectivity index (χ4n) is 4.77. The lowest BCUT2D eigenvalue weighted by Gasteiger charge is -2.12. The Bertz CT molecular complexity index is 1370. The maximum Gasteiger partial charge on any atom is 0.387 e. The lowest BCUT2D eigenvalue weighted by molar-refractivity contribution is -0.141. The molecule has 5 rings (SSSR count). The van der Waals surface area contributed by atoms with Gasteiger partial charge in [-0.15, -0.1) is 0 Å². The Morgan fingerprint density at radius 2 is 1.89 bits per heavy atom. The van der Waals surface area contributed by atoms with Crippen LogP contribution in [0.25, 0.3) is 16.8 Å². The maximum atomic E-state index is 12.9. The Labute approximate surface area is 206 Å². The third kappa shape index (κ3) is 5.03. The number of hydrogen-bond donors (Lipinski definition) is 2. The number of halogens is 2. The Morgan fingerprint density at radius 3 is 2.58 bits per heavy atom. The third-order valence-corrected chi connectivity index (χ3v) is 6.62. The van der Waals surface area contributed by atoms with Crippen LogP contribution in [-0.4, -0.2) is 37.0 Å². The number of para-hydroxylation sites is 1. The average molecular weight is 496 g/mol. The molecule has 0 radical (unpaired) electrons. The first kappa shape index (κ1) is 25.2. The predicted molar refractivity (Wildman–Crippen MR) is 130 cm³/mol. The number of carboxylic acid groups (broad SMARTS) is 1. The molecule has 0 bridgehead atoms. The second-order valence-electron chi connectivity index (χ2n) is 8.83. The lowest BCUT2D eigenvalue weighted by atomic mass is 10.0. The number of fused-ring (bicyclic) bond motifs is 1. The van der Waals surface area contributed by atoms with Gasteiger partial charge in [-0.25, -0.2) is 15.0 Å². The summed E-state index contributed by atoms with van der Waals surface area (Å²) in [5, 5.41) is 9.24. The molecule has 0 saturated heterocycles. The molecule has 8 nitrogen and oxygen atoms in total. The van der Waals surface area contributed by atoms with Crippen LogP contribution < -0.4 is 10.9 Å². The second kappa shape index (κ2) is 10.4. The Morgan fingerprint density at radius 1 is 1.14 bits per heavy atom. The van der Waals surface area contributed by atoms with Gasteiger partial charge in [-0.2, -0.15) is 8.78 Å². The molecule has 0 aliphatic heterocycles. The molecule has 0 amide bonds. The zero-order valence-corrected chi connectivity index (χ0v) is 19.8. The number of pyridine rings is 1. The van der Waals surface area contributed by atoms with Gasteiger partial charge < -0.3 is 20.4 Å². The van der Waals surface area contributed by atoms with Crippen molar-refractivity contribution in [2.75, 3.05) is 0 Å². The van der Waals surface area contributed by atoms with Crippen LogP contribution in [0.5, 0.6) is 5.75 Å². The highest BCUT2D eigenvalue weighted by Crippen LogP contribution is 2.37. The summed E-state index contributed by atoms with van der Waals surface area (Å²) in [7, 11) is 0. The number of carboxylic acids is 1. The van der Waals surface area contributed by atoms with Crippen LogP contribution in [0, 0.1) is 12.8 Å². The van der Waals surface area contributed by atoms with Gasteiger partial charge in [0.2, 0.25) is 0 Å². The van der Waals surface area contributed by atoms with Gasteiger partial charge in [0.15, 0.2) is 0 Å². The molecule has 4 N–H and O–H groups in total. The van der Waals surface area contributed by atoms with E-state index in [1.165, 1.54) is 6.07 Å². The minimum absolute atomic E-state index is 0. The van der Waals surface area contributed by atoms with Crippen LogP contribution >= 0.6 is 0 Å². The van der Waals surface area contributed by atoms with Crippen LogP contribution in [0.1, 0.15) is 48.0 Å². The van der Waals surface area contributed by atoms with Gasteiger partial charge in [-0.3, -0.25) is 4.79 Å². The largest absolute Gasteiger partial charge is 0.481 e. The minimum Gasteiger partial charge on any atom is -0.481 e. The smallest absolute Gasteiger partial charge is 0.387 e. The van der Waals surface area contributed by atoms with Crippen molar-refractivity contribution >= 4 is 11.6 Å². The van der Waals surface area contributed by atoms with E-state index in [1.807, 2.05) is 29.7 Å². The summed E-state index contributed by atoms with van der Waals surface area (Å²) in [6.07, 6.45) is 7.82. The maximum absolute atomic E-state index is 12.9. The van der Waals surface area contributed by atoms with Crippen molar-refractivity contribution in [1.82, 2.24) is 25.5 Å². The van der Waals surface area contributed by atoms with E-state index in [4.69, 9.17) is 4.74 Å². The molecule has 0 spiro atoms. The monoisotopic (exact) mass is 495 g/mol. The van der Waals surface area contributed by atoms with E-state index in [2.05, 4.69) is 15.0 Å². The number of imidazole rings is 1. The van der Waals surface area contributed by atoms with Crippen molar-refractivity contribution < 1.29 is 23.4 Å². The Balaban J connectivity index is 0.00000304. The fourth-order valence-corrected chi connectivity index (χ4v) is 4.77. The third-order valence-electron chi connectivity index (χ3n) is 6.62. The molecular formula is C26H27F2N5O3. The van der Waals surface area contributed by atoms with E-state index in [9.17, 15) is 18.7 Å². The highest BCUT2D eigenvalue weighted by Gasteiger charge is 2.32. The van der Waals surface area contributed by atoms with Gasteiger partial charge in [0.1, 0.15) is 17.2 Å². The summed E-state index contributed by atoms with van der Waals surface area (Å²) in [6.45, 7) is -1.00. The minimum atomic E-state index is -2.90. The standard InChI is InChI=1S/C26H24F2N4O3.H3N/c1-15-21(11-16-4-2-3-5-22(16)35-26(27)28)32-14-19(8-9-23(32)31-15)20-12-29-24(30-13-20)17-6-7-18(10-17)25(33)34;/h2-5,8-9,12-14,17-18,26H,6-7,10-11H2,1H3,(H,33,34);1H3. The molecule has 4 aromatic rings. The van der Waals surface area contributed by atoms with E-state index in [-0.39, 0.29) is 23.7 Å². The van der Waals surface area contributed by atoms with Crippen LogP contribution in [0.3, 0.4) is 0 Å². The topological polar surface area (TPSA) is 125 Å². The molecule has 3 aromatic heterocycles. The van der Waals surface area contributed by atoms with Gasteiger partial charge >= 0.3 is 12.6 Å². The number of benzene rings is 1. The van der Waals surface area contributed by atoms with Crippen molar-refractivity contribution in [3.05, 3.63) is 77.8 Å². The van der Waals surface area contributed by atoms with Gasteiger partial charge in [-0.05, 0) is 44.4 Å². The van der Waals surface area contributed by atoms with Crippen LogP contribution in [0.4, 0.5) is 8.78 Å². The van der Waals surface area contributed by atoms with Crippen molar-refractivity contribution in [3.63, 3.8) is 0 Å². The summed E-state index contributed by atoms with van der Waals surface area (Å²) in [5.74, 6) is -0.203. The van der Waals surface area contributed by atoms with Crippen molar-refractivity contribution in [2.45, 2.75) is 45.1 Å². The lowest BCUT2D eigenvalue weighted by Crippen LogP contribution is -2.10. The molecule has 1 saturated carbocycles. The predicted octanol–water partition coefficient (Wildman–Crippen LogP) is 5.42. The molecule has 1 aliphatic carbocycles. The van der Waals surface area contributed by atoms with Gasteiger partial charge in [0.25, 0.3) is 0 Å². The zero-order valence-electron chi connectivity index (χ0n) is 19.8. The number of aromatic nitrogens is 4. The fraction of sp³-hybridized carbons (Fsp3) is 0.308. The van der Waals surface area contributed by atoms with E-state index < -0.39 is 12.6 Å². The highest BCUT2D eigenvalue weighted by atomic mass is 19.3. The summed E-state index contributed by atoms with van der Waals surface area (Å²) in [5.41, 5.74) is 4.77. The molecule has 1 aliphatic rings. The van der Waals surface area contributed by atoms with E-state index >= 15 is 0 Å². The molecule has 2 atom stereocenters. The molecule has 1 aromatic carbocycles. The number of hydrogen-bond acceptors (Lipinski definition) is 6. The van der Waals surface area contributed by atoms with Crippen LogP contribution in [0.2, 0.25) is 0 Å². The second-order valence-corrected chi connectivity index (χ2v) is 8.83. The number of alkyl halides is 2. The summed E-state index contributed by atoms with van der Waals surface area (Å²) in [4.78, 5) is 24.9. The number of nitrogens with zero attached hydrogens (tertiary/aromatic N) is 4. The highest BCUT2D eigenvalue weighted by molar-refractivity contribution is 5.70. The number of rotatable bonds is 7. The number of carbonyl (C=O) groups is 1. The molecule has 36 heavy (non-hydrogen) atoms. The van der Waals surface area contributed by atoms with Crippen LogP contribution in [-0.2, 0) is 11.2 Å². The zero-order chi connectivity index (χ0) is 24.5. The van der Waals surface area contributed by atoms with E-state index in [1.54, 1.807) is 30.6 Å². The first-order chi connectivity index (χ1) is 16.9. The van der Waals surface area contributed by atoms with E-state index in [0.29, 0.717) is 30.7 Å². The Kier molecular flexibility index (Phi) is 7.25. The quantitative estimate of drug-likeness (QED) is 0.351. The van der Waals surface area contributed by atoms with Gasteiger partial charge in [0.05, 0.1) is 11.6 Å². The van der Waals surface area contributed by atoms with Crippen molar-refractivity contribution in [2.24, 2.45) is 5.92 Å². The number of ether oxygens (including phenoxy) is 1.